The van der Waals surface area contributed by atoms with Crippen LogP contribution in [-0.2, 0) is 19.1 Å². The Labute approximate surface area is 134 Å². The summed E-state index contributed by atoms with van der Waals surface area (Å²) >= 11 is 0. The average molecular weight is 320 g/mol. The zero-order valence-electron chi connectivity index (χ0n) is 13.2. The van der Waals surface area contributed by atoms with Crippen LogP contribution in [0.15, 0.2) is 24.3 Å². The van der Waals surface area contributed by atoms with E-state index in [9.17, 15) is 14.4 Å². The number of hydrogen-bond donors (Lipinski definition) is 1. The molecule has 1 aromatic rings. The molecule has 1 aromatic carbocycles. The van der Waals surface area contributed by atoms with Gasteiger partial charge < -0.3 is 19.6 Å². The number of ether oxygens (including phenoxy) is 1. The Balaban J connectivity index is 2.31. The quantitative estimate of drug-likeness (QED) is 0.833. The van der Waals surface area contributed by atoms with Crippen molar-refractivity contribution in [3.05, 3.63) is 29.8 Å². The summed E-state index contributed by atoms with van der Waals surface area (Å²) in [5.74, 6) is -2.28. The molecule has 0 spiro atoms. The third-order valence-electron chi connectivity index (χ3n) is 3.93. The summed E-state index contributed by atoms with van der Waals surface area (Å²) in [6.07, 6.45) is 0.0372. The molecule has 1 aliphatic heterocycles. The van der Waals surface area contributed by atoms with Crippen LogP contribution in [0, 0.1) is 0 Å². The van der Waals surface area contributed by atoms with E-state index < -0.39 is 18.4 Å². The fourth-order valence-electron chi connectivity index (χ4n) is 2.72. The van der Waals surface area contributed by atoms with Crippen molar-refractivity contribution in [1.82, 2.24) is 4.90 Å². The number of benzene rings is 1. The molecule has 0 aliphatic carbocycles. The van der Waals surface area contributed by atoms with Crippen molar-refractivity contribution >= 4 is 23.5 Å². The fourth-order valence-corrected chi connectivity index (χ4v) is 2.72. The number of carbonyl (C=O) groups is 3. The number of hydrogen-bond acceptors (Lipinski definition) is 4. The molecular formula is C16H20N2O5. The highest BCUT2D eigenvalue weighted by molar-refractivity contribution is 6.02. The summed E-state index contributed by atoms with van der Waals surface area (Å²) in [5.41, 5.74) is 1.43. The molecule has 124 valence electrons. The third kappa shape index (κ3) is 3.68. The average Bonchev–Trinajstić information content (AvgIpc) is 2.54. The highest BCUT2D eigenvalue weighted by Gasteiger charge is 2.36. The first kappa shape index (κ1) is 17.0. The van der Waals surface area contributed by atoms with Gasteiger partial charge in [-0.15, -0.1) is 0 Å². The predicted octanol–water partition coefficient (Wildman–Crippen LogP) is 0.696. The number of fused-ring (bicyclic) bond motifs is 1. The van der Waals surface area contributed by atoms with E-state index >= 15 is 0 Å². The first-order valence-electron chi connectivity index (χ1n) is 7.30. The summed E-state index contributed by atoms with van der Waals surface area (Å²) in [4.78, 5) is 38.7. The second kappa shape index (κ2) is 7.23. The molecule has 2 amide bonds. The number of carboxylic acids is 1. The molecule has 7 nitrogen and oxygen atoms in total. The summed E-state index contributed by atoms with van der Waals surface area (Å²) in [5, 5.41) is 9.01. The number of para-hydroxylation sites is 1. The van der Waals surface area contributed by atoms with Gasteiger partial charge in [0.2, 0.25) is 11.8 Å². The largest absolute Gasteiger partial charge is 0.480 e. The Morgan fingerprint density at radius 3 is 2.74 bits per heavy atom. The summed E-state index contributed by atoms with van der Waals surface area (Å²) in [7, 11) is 3.15. The van der Waals surface area contributed by atoms with Crippen molar-refractivity contribution in [3.63, 3.8) is 0 Å². The number of nitrogens with zero attached hydrogens (tertiary/aromatic N) is 2. The van der Waals surface area contributed by atoms with Crippen LogP contribution in [0.2, 0.25) is 0 Å². The molecule has 1 heterocycles. The number of methoxy groups -OCH3 is 1. The van der Waals surface area contributed by atoms with Crippen LogP contribution in [0.3, 0.4) is 0 Å². The van der Waals surface area contributed by atoms with E-state index in [1.807, 2.05) is 0 Å². The van der Waals surface area contributed by atoms with Crippen molar-refractivity contribution in [2.75, 3.05) is 38.8 Å². The summed E-state index contributed by atoms with van der Waals surface area (Å²) in [6.45, 7) is -0.00352. The Kier molecular flexibility index (Phi) is 5.33. The molecule has 1 atom stereocenters. The summed E-state index contributed by atoms with van der Waals surface area (Å²) in [6, 6.07) is 7.19. The monoisotopic (exact) mass is 320 g/mol. The fraction of sp³-hybridized carbons (Fsp3) is 0.438. The second-order valence-electron chi connectivity index (χ2n) is 5.41. The zero-order valence-corrected chi connectivity index (χ0v) is 13.2. The Morgan fingerprint density at radius 1 is 1.39 bits per heavy atom. The van der Waals surface area contributed by atoms with Gasteiger partial charge in [-0.25, -0.2) is 0 Å². The maximum atomic E-state index is 12.8. The molecule has 1 N–H and O–H groups in total. The van der Waals surface area contributed by atoms with Gasteiger partial charge in [0.25, 0.3) is 0 Å². The Bertz CT molecular complexity index is 616. The van der Waals surface area contributed by atoms with Gasteiger partial charge in [-0.3, -0.25) is 14.4 Å². The minimum Gasteiger partial charge on any atom is -0.480 e. The topological polar surface area (TPSA) is 87.1 Å². The van der Waals surface area contributed by atoms with Gasteiger partial charge in [-0.2, -0.15) is 0 Å². The van der Waals surface area contributed by atoms with Gasteiger partial charge in [0, 0.05) is 32.8 Å². The Hall–Kier alpha value is -2.41. The molecule has 0 saturated carbocycles. The maximum absolute atomic E-state index is 12.8. The highest BCUT2D eigenvalue weighted by Crippen LogP contribution is 2.36. The lowest BCUT2D eigenvalue weighted by molar-refractivity contribution is -0.146. The van der Waals surface area contributed by atoms with E-state index in [0.717, 1.165) is 5.56 Å². The Morgan fingerprint density at radius 2 is 2.09 bits per heavy atom. The minimum absolute atomic E-state index is 0.0372. The van der Waals surface area contributed by atoms with E-state index in [1.165, 1.54) is 16.9 Å². The first-order valence-corrected chi connectivity index (χ1v) is 7.30. The van der Waals surface area contributed by atoms with Gasteiger partial charge in [-0.05, 0) is 11.6 Å². The van der Waals surface area contributed by atoms with Gasteiger partial charge in [0.15, 0.2) is 0 Å². The van der Waals surface area contributed by atoms with Crippen LogP contribution in [0.4, 0.5) is 5.69 Å². The maximum Gasteiger partial charge on any atom is 0.323 e. The van der Waals surface area contributed by atoms with E-state index in [4.69, 9.17) is 9.84 Å². The molecule has 23 heavy (non-hydrogen) atoms. The number of rotatable bonds is 6. The second-order valence-corrected chi connectivity index (χ2v) is 5.41. The van der Waals surface area contributed by atoms with E-state index in [1.54, 1.807) is 31.3 Å². The van der Waals surface area contributed by atoms with Crippen molar-refractivity contribution in [1.29, 1.82) is 0 Å². The van der Waals surface area contributed by atoms with Gasteiger partial charge >= 0.3 is 5.97 Å². The third-order valence-corrected chi connectivity index (χ3v) is 3.93. The van der Waals surface area contributed by atoms with Gasteiger partial charge in [-0.1, -0.05) is 18.2 Å². The molecule has 0 bridgehead atoms. The smallest absolute Gasteiger partial charge is 0.323 e. The predicted molar refractivity (Wildman–Crippen MR) is 83.3 cm³/mol. The molecule has 1 aliphatic rings. The number of carboxylic acid groups (broad SMARTS) is 1. The van der Waals surface area contributed by atoms with Crippen molar-refractivity contribution in [2.45, 2.75) is 12.3 Å². The molecule has 0 fully saturated rings. The minimum atomic E-state index is -1.10. The van der Waals surface area contributed by atoms with Crippen LogP contribution in [0.5, 0.6) is 0 Å². The lowest BCUT2D eigenvalue weighted by atomic mass is 9.88. The molecule has 7 heteroatoms. The van der Waals surface area contributed by atoms with Crippen molar-refractivity contribution in [2.24, 2.45) is 0 Å². The molecule has 0 aromatic heterocycles. The van der Waals surface area contributed by atoms with Crippen LogP contribution < -0.4 is 4.90 Å². The van der Waals surface area contributed by atoms with Crippen LogP contribution in [0.25, 0.3) is 0 Å². The zero-order chi connectivity index (χ0) is 17.0. The number of anilines is 1. The number of amides is 2. The summed E-state index contributed by atoms with van der Waals surface area (Å²) < 4.78 is 4.94. The van der Waals surface area contributed by atoms with Crippen molar-refractivity contribution in [3.8, 4) is 0 Å². The van der Waals surface area contributed by atoms with Gasteiger partial charge in [0.1, 0.15) is 6.54 Å². The van der Waals surface area contributed by atoms with Crippen LogP contribution >= 0.6 is 0 Å². The van der Waals surface area contributed by atoms with E-state index in [0.29, 0.717) is 5.69 Å². The molecule has 0 saturated heterocycles. The molecule has 0 radical (unpaired) electrons. The lowest BCUT2D eigenvalue weighted by Crippen LogP contribution is -2.44. The standard InChI is InChI=1S/C16H20N2O5/c1-17-13-6-4-3-5-11(13)12(9-14(17)19)16(22)18(7-8-23-2)10-15(20)21/h3-6,12H,7-10H2,1-2H3,(H,20,21)/t12-/m0/s1. The normalized spacial score (nSPS) is 16.9. The van der Waals surface area contributed by atoms with Gasteiger partial charge in [0.05, 0.1) is 12.5 Å². The van der Waals surface area contributed by atoms with Crippen molar-refractivity contribution < 1.29 is 24.2 Å². The SMILES string of the molecule is COCCN(CC(=O)O)C(=O)[C@H]1CC(=O)N(C)c2ccccc21. The number of carbonyl (C=O) groups excluding carboxylic acids is 2. The molecular weight excluding hydrogens is 300 g/mol. The lowest BCUT2D eigenvalue weighted by Gasteiger charge is -2.33. The highest BCUT2D eigenvalue weighted by atomic mass is 16.5. The van der Waals surface area contributed by atoms with Crippen LogP contribution in [-0.4, -0.2) is 61.6 Å². The molecule has 0 unspecified atom stereocenters. The number of aliphatic carboxylic acids is 1. The molecule has 2 rings (SSSR count). The van der Waals surface area contributed by atoms with E-state index in [2.05, 4.69) is 0 Å². The van der Waals surface area contributed by atoms with Crippen LogP contribution in [0.1, 0.15) is 17.9 Å². The first-order chi connectivity index (χ1) is 11.0. The van der Waals surface area contributed by atoms with E-state index in [-0.39, 0.29) is 31.4 Å².